The first kappa shape index (κ1) is 19.1. The van der Waals surface area contributed by atoms with E-state index >= 15 is 0 Å². The summed E-state index contributed by atoms with van der Waals surface area (Å²) in [6, 6.07) is 4.07. The molecule has 2 fully saturated rings. The Morgan fingerprint density at radius 3 is 2.50 bits per heavy atom. The minimum atomic E-state index is 0.688. The van der Waals surface area contributed by atoms with Gasteiger partial charge < -0.3 is 24.6 Å². The molecule has 0 unspecified atom stereocenters. The third-order valence-corrected chi connectivity index (χ3v) is 5.51. The Hall–Kier alpha value is -2.28. The second-order valence-electron chi connectivity index (χ2n) is 7.50. The highest BCUT2D eigenvalue weighted by Gasteiger charge is 2.22. The topological polar surface area (TPSA) is 62.8 Å². The van der Waals surface area contributed by atoms with Crippen LogP contribution >= 0.6 is 0 Å². The molecule has 1 aromatic carbocycles. The zero-order valence-electron chi connectivity index (χ0n) is 17.0. The van der Waals surface area contributed by atoms with Crippen LogP contribution in [0.4, 0.5) is 11.8 Å². The van der Waals surface area contributed by atoms with Gasteiger partial charge in [-0.1, -0.05) is 13.3 Å². The highest BCUT2D eigenvalue weighted by atomic mass is 16.5. The summed E-state index contributed by atoms with van der Waals surface area (Å²) in [6.45, 7) is 8.75. The van der Waals surface area contributed by atoms with Gasteiger partial charge in [-0.2, -0.15) is 4.98 Å². The molecule has 0 aliphatic carbocycles. The molecule has 2 aromatic rings. The van der Waals surface area contributed by atoms with Crippen LogP contribution < -0.4 is 24.6 Å². The number of ether oxygens (including phenoxy) is 2. The van der Waals surface area contributed by atoms with Crippen molar-refractivity contribution in [1.29, 1.82) is 0 Å². The Morgan fingerprint density at radius 2 is 1.79 bits per heavy atom. The normalized spacial score (nSPS) is 17.4. The summed E-state index contributed by atoms with van der Waals surface area (Å²) in [7, 11) is 1.69. The molecule has 7 heteroatoms. The number of benzene rings is 1. The summed E-state index contributed by atoms with van der Waals surface area (Å²) < 4.78 is 11.6. The van der Waals surface area contributed by atoms with Crippen LogP contribution in [0.2, 0.25) is 0 Å². The van der Waals surface area contributed by atoms with E-state index < -0.39 is 0 Å². The van der Waals surface area contributed by atoms with Gasteiger partial charge in [0.15, 0.2) is 11.5 Å². The summed E-state index contributed by atoms with van der Waals surface area (Å²) in [5.41, 5.74) is 0.928. The van der Waals surface area contributed by atoms with E-state index in [1.54, 1.807) is 7.11 Å². The van der Waals surface area contributed by atoms with Crippen molar-refractivity contribution in [3.05, 3.63) is 12.1 Å². The average molecular weight is 386 g/mol. The van der Waals surface area contributed by atoms with E-state index in [0.29, 0.717) is 6.61 Å². The van der Waals surface area contributed by atoms with Crippen LogP contribution in [0.3, 0.4) is 0 Å². The summed E-state index contributed by atoms with van der Waals surface area (Å²) in [6.07, 6.45) is 4.54. The van der Waals surface area contributed by atoms with Crippen molar-refractivity contribution < 1.29 is 9.47 Å². The lowest BCUT2D eigenvalue weighted by Gasteiger charge is -2.30. The number of rotatable bonds is 7. The fraction of sp³-hybridized carbons (Fsp3) is 0.619. The van der Waals surface area contributed by atoms with Crippen LogP contribution in [0.1, 0.15) is 32.6 Å². The summed E-state index contributed by atoms with van der Waals surface area (Å²) in [4.78, 5) is 14.6. The number of aromatic nitrogens is 2. The van der Waals surface area contributed by atoms with Gasteiger partial charge in [0.25, 0.3) is 0 Å². The molecule has 0 spiro atoms. The highest BCUT2D eigenvalue weighted by Crippen LogP contribution is 2.37. The van der Waals surface area contributed by atoms with Gasteiger partial charge in [-0.05, 0) is 25.3 Å². The first-order valence-electron chi connectivity index (χ1n) is 10.5. The lowest BCUT2D eigenvalue weighted by atomic mass is 10.2. The lowest BCUT2D eigenvalue weighted by Crippen LogP contribution is -2.44. The fourth-order valence-electron chi connectivity index (χ4n) is 3.88. The Kier molecular flexibility index (Phi) is 6.00. The third kappa shape index (κ3) is 3.94. The van der Waals surface area contributed by atoms with Crippen molar-refractivity contribution in [3.63, 3.8) is 0 Å². The fourth-order valence-corrected chi connectivity index (χ4v) is 3.88. The van der Waals surface area contributed by atoms with Crippen LogP contribution in [0, 0.1) is 0 Å². The van der Waals surface area contributed by atoms with Crippen molar-refractivity contribution >= 4 is 22.7 Å². The molecule has 3 heterocycles. The largest absolute Gasteiger partial charge is 0.493 e. The molecule has 7 nitrogen and oxygen atoms in total. The van der Waals surface area contributed by atoms with Crippen molar-refractivity contribution in [1.82, 2.24) is 15.3 Å². The van der Waals surface area contributed by atoms with Gasteiger partial charge in [-0.15, -0.1) is 0 Å². The van der Waals surface area contributed by atoms with Crippen LogP contribution in [-0.2, 0) is 0 Å². The molecule has 1 N–H and O–H groups in total. The number of fused-ring (bicyclic) bond motifs is 1. The lowest BCUT2D eigenvalue weighted by molar-refractivity contribution is 0.289. The summed E-state index contributed by atoms with van der Waals surface area (Å²) >= 11 is 0. The Labute approximate surface area is 167 Å². The van der Waals surface area contributed by atoms with Crippen LogP contribution in [0.15, 0.2) is 12.1 Å². The number of piperazine rings is 1. The second kappa shape index (κ2) is 8.82. The SMILES string of the molecule is CCCCOc1cc2nc(N3CCCC3)nc(N3CCNCC3)c2cc1OC. The van der Waals surface area contributed by atoms with E-state index in [9.17, 15) is 0 Å². The monoisotopic (exact) mass is 385 g/mol. The van der Waals surface area contributed by atoms with Gasteiger partial charge >= 0.3 is 0 Å². The Balaban J connectivity index is 1.79. The van der Waals surface area contributed by atoms with Gasteiger partial charge in [-0.25, -0.2) is 4.98 Å². The Morgan fingerprint density at radius 1 is 1.00 bits per heavy atom. The summed E-state index contributed by atoms with van der Waals surface area (Å²) in [5, 5.41) is 4.45. The minimum absolute atomic E-state index is 0.688. The quantitative estimate of drug-likeness (QED) is 0.735. The molecule has 1 aromatic heterocycles. The first-order valence-corrected chi connectivity index (χ1v) is 10.5. The highest BCUT2D eigenvalue weighted by molar-refractivity contribution is 5.93. The number of nitrogens with zero attached hydrogens (tertiary/aromatic N) is 4. The van der Waals surface area contributed by atoms with Gasteiger partial charge in [0.1, 0.15) is 5.82 Å². The first-order chi connectivity index (χ1) is 13.8. The van der Waals surface area contributed by atoms with Crippen LogP contribution in [-0.4, -0.2) is 63.0 Å². The maximum Gasteiger partial charge on any atom is 0.227 e. The molecule has 0 bridgehead atoms. The molecule has 152 valence electrons. The smallest absolute Gasteiger partial charge is 0.227 e. The van der Waals surface area contributed by atoms with E-state index in [-0.39, 0.29) is 0 Å². The van der Waals surface area contributed by atoms with Crippen molar-refractivity contribution in [2.45, 2.75) is 32.6 Å². The molecule has 28 heavy (non-hydrogen) atoms. The molecule has 2 aliphatic heterocycles. The van der Waals surface area contributed by atoms with E-state index in [4.69, 9.17) is 19.4 Å². The number of unbranched alkanes of at least 4 members (excludes halogenated alkanes) is 1. The van der Waals surface area contributed by atoms with Crippen molar-refractivity contribution in [2.75, 3.05) is 62.8 Å². The van der Waals surface area contributed by atoms with E-state index in [1.165, 1.54) is 12.8 Å². The molecule has 0 saturated carbocycles. The van der Waals surface area contributed by atoms with E-state index in [2.05, 4.69) is 22.0 Å². The molecule has 0 amide bonds. The van der Waals surface area contributed by atoms with E-state index in [0.717, 1.165) is 86.3 Å². The summed E-state index contributed by atoms with van der Waals surface area (Å²) in [5.74, 6) is 3.35. The van der Waals surface area contributed by atoms with E-state index in [1.807, 2.05) is 12.1 Å². The van der Waals surface area contributed by atoms with Gasteiger partial charge in [0.2, 0.25) is 5.95 Å². The standard InChI is InChI=1S/C21H31N5O2/c1-3-4-13-28-19-15-17-16(14-18(19)27-2)20(25-11-7-22-8-12-25)24-21(23-17)26-9-5-6-10-26/h14-15,22H,3-13H2,1-2H3. The third-order valence-electron chi connectivity index (χ3n) is 5.51. The molecule has 2 saturated heterocycles. The number of methoxy groups -OCH3 is 1. The predicted octanol–water partition coefficient (Wildman–Crippen LogP) is 2.83. The van der Waals surface area contributed by atoms with Crippen molar-refractivity contribution in [3.8, 4) is 11.5 Å². The second-order valence-corrected chi connectivity index (χ2v) is 7.50. The minimum Gasteiger partial charge on any atom is -0.493 e. The molecule has 0 radical (unpaired) electrons. The van der Waals surface area contributed by atoms with Gasteiger partial charge in [0.05, 0.1) is 19.2 Å². The molecular formula is C21H31N5O2. The van der Waals surface area contributed by atoms with Crippen molar-refractivity contribution in [2.24, 2.45) is 0 Å². The zero-order valence-corrected chi connectivity index (χ0v) is 17.0. The van der Waals surface area contributed by atoms with Crippen LogP contribution in [0.5, 0.6) is 11.5 Å². The van der Waals surface area contributed by atoms with Gasteiger partial charge in [0, 0.05) is 50.7 Å². The van der Waals surface area contributed by atoms with Gasteiger partial charge in [-0.3, -0.25) is 0 Å². The number of hydrogen-bond acceptors (Lipinski definition) is 7. The van der Waals surface area contributed by atoms with Crippen LogP contribution in [0.25, 0.3) is 10.9 Å². The molecule has 0 atom stereocenters. The Bertz CT molecular complexity index is 801. The maximum atomic E-state index is 6.00. The zero-order chi connectivity index (χ0) is 19.3. The predicted molar refractivity (Wildman–Crippen MR) is 113 cm³/mol. The molecule has 2 aliphatic rings. The average Bonchev–Trinajstić information content (AvgIpc) is 3.28. The maximum absolute atomic E-state index is 6.00. The molecule has 4 rings (SSSR count). The number of nitrogens with one attached hydrogen (secondary N) is 1. The number of hydrogen-bond donors (Lipinski definition) is 1. The molecular weight excluding hydrogens is 354 g/mol. The number of anilines is 2.